The Kier molecular flexibility index (Phi) is 4.63. The van der Waals surface area contributed by atoms with Gasteiger partial charge < -0.3 is 10.1 Å². The van der Waals surface area contributed by atoms with Crippen molar-refractivity contribution in [1.82, 2.24) is 0 Å². The second kappa shape index (κ2) is 6.84. The van der Waals surface area contributed by atoms with Crippen LogP contribution in [0.2, 0.25) is 0 Å². The van der Waals surface area contributed by atoms with Crippen LogP contribution in [0, 0.1) is 0 Å². The number of carbonyl (C=O) groups excluding carboxylic acids is 1. The number of amides is 1. The molecule has 0 heterocycles. The summed E-state index contributed by atoms with van der Waals surface area (Å²) in [5.41, 5.74) is 1.27. The predicted molar refractivity (Wildman–Crippen MR) is 97.2 cm³/mol. The van der Waals surface area contributed by atoms with Gasteiger partial charge in [-0.05, 0) is 48.0 Å². The van der Waals surface area contributed by atoms with Crippen molar-refractivity contribution in [2.45, 2.75) is 6.92 Å². The summed E-state index contributed by atoms with van der Waals surface area (Å²) in [4.78, 5) is 12.6. The van der Waals surface area contributed by atoms with Gasteiger partial charge in [0.05, 0.1) is 12.2 Å². The highest BCUT2D eigenvalue weighted by atomic mass is 79.9. The molecule has 23 heavy (non-hydrogen) atoms. The Balaban J connectivity index is 1.89. The minimum absolute atomic E-state index is 0.190. The molecule has 3 rings (SSSR count). The van der Waals surface area contributed by atoms with Gasteiger partial charge in [-0.3, -0.25) is 4.79 Å². The molecule has 1 amide bonds. The van der Waals surface area contributed by atoms with Crippen molar-refractivity contribution in [3.8, 4) is 5.75 Å². The topological polar surface area (TPSA) is 38.3 Å². The lowest BCUT2D eigenvalue weighted by Crippen LogP contribution is -2.13. The standard InChI is InChI=1S/C19H16BrNO2/c1-2-23-18-10-8-15(20)12-17(18)19(22)21-16-9-7-13-5-3-4-6-14(13)11-16/h3-12H,2H2,1H3,(H,21,22). The largest absolute Gasteiger partial charge is 0.493 e. The Bertz CT molecular complexity index is 861. The van der Waals surface area contributed by atoms with Crippen LogP contribution in [0.4, 0.5) is 5.69 Å². The second-order valence-electron chi connectivity index (χ2n) is 5.09. The van der Waals surface area contributed by atoms with Gasteiger partial charge in [-0.25, -0.2) is 0 Å². The molecule has 3 nitrogen and oxygen atoms in total. The van der Waals surface area contributed by atoms with Crippen LogP contribution in [0.5, 0.6) is 5.75 Å². The average molecular weight is 370 g/mol. The van der Waals surface area contributed by atoms with Crippen molar-refractivity contribution >= 4 is 38.3 Å². The summed E-state index contributed by atoms with van der Waals surface area (Å²) in [6.07, 6.45) is 0. The molecule has 0 bridgehead atoms. The summed E-state index contributed by atoms with van der Waals surface area (Å²) in [5.74, 6) is 0.388. The third-order valence-corrected chi connectivity index (χ3v) is 3.99. The number of hydrogen-bond acceptors (Lipinski definition) is 2. The van der Waals surface area contributed by atoms with E-state index in [1.165, 1.54) is 0 Å². The van der Waals surface area contributed by atoms with Crippen LogP contribution in [0.25, 0.3) is 10.8 Å². The highest BCUT2D eigenvalue weighted by Gasteiger charge is 2.13. The van der Waals surface area contributed by atoms with E-state index in [2.05, 4.69) is 21.2 Å². The van der Waals surface area contributed by atoms with E-state index < -0.39 is 0 Å². The monoisotopic (exact) mass is 369 g/mol. The van der Waals surface area contributed by atoms with Crippen molar-refractivity contribution in [1.29, 1.82) is 0 Å². The zero-order valence-electron chi connectivity index (χ0n) is 12.7. The summed E-state index contributed by atoms with van der Waals surface area (Å²) in [5, 5.41) is 5.17. The Morgan fingerprint density at radius 2 is 1.83 bits per heavy atom. The maximum Gasteiger partial charge on any atom is 0.259 e. The summed E-state index contributed by atoms with van der Waals surface area (Å²) in [7, 11) is 0. The summed E-state index contributed by atoms with van der Waals surface area (Å²) in [6, 6.07) is 19.3. The lowest BCUT2D eigenvalue weighted by molar-refractivity contribution is 0.102. The first-order valence-electron chi connectivity index (χ1n) is 7.40. The number of carbonyl (C=O) groups is 1. The van der Waals surface area contributed by atoms with E-state index in [0.717, 1.165) is 20.9 Å². The lowest BCUT2D eigenvalue weighted by atomic mass is 10.1. The number of halogens is 1. The number of ether oxygens (including phenoxy) is 1. The molecule has 0 fully saturated rings. The molecular formula is C19H16BrNO2. The Morgan fingerprint density at radius 3 is 2.61 bits per heavy atom. The van der Waals surface area contributed by atoms with Crippen LogP contribution in [-0.4, -0.2) is 12.5 Å². The molecule has 0 aliphatic heterocycles. The highest BCUT2D eigenvalue weighted by molar-refractivity contribution is 9.10. The van der Waals surface area contributed by atoms with E-state index in [4.69, 9.17) is 4.74 Å². The molecule has 3 aromatic carbocycles. The molecule has 0 spiro atoms. The number of hydrogen-bond donors (Lipinski definition) is 1. The van der Waals surface area contributed by atoms with Gasteiger partial charge in [0, 0.05) is 10.2 Å². The van der Waals surface area contributed by atoms with E-state index >= 15 is 0 Å². The lowest BCUT2D eigenvalue weighted by Gasteiger charge is -2.11. The first-order chi connectivity index (χ1) is 11.2. The van der Waals surface area contributed by atoms with Gasteiger partial charge in [0.25, 0.3) is 5.91 Å². The smallest absolute Gasteiger partial charge is 0.259 e. The van der Waals surface area contributed by atoms with E-state index in [1.54, 1.807) is 12.1 Å². The minimum Gasteiger partial charge on any atom is -0.493 e. The molecule has 0 saturated carbocycles. The second-order valence-corrected chi connectivity index (χ2v) is 6.01. The first kappa shape index (κ1) is 15.6. The Morgan fingerprint density at radius 1 is 1.04 bits per heavy atom. The predicted octanol–water partition coefficient (Wildman–Crippen LogP) is 5.25. The fraction of sp³-hybridized carbons (Fsp3) is 0.105. The van der Waals surface area contributed by atoms with Gasteiger partial charge in [0.1, 0.15) is 5.75 Å². The number of fused-ring (bicyclic) bond motifs is 1. The minimum atomic E-state index is -0.190. The number of anilines is 1. The zero-order valence-corrected chi connectivity index (χ0v) is 14.3. The fourth-order valence-corrected chi connectivity index (χ4v) is 2.79. The molecule has 116 valence electrons. The van der Waals surface area contributed by atoms with Crippen LogP contribution in [0.1, 0.15) is 17.3 Å². The normalized spacial score (nSPS) is 10.5. The summed E-state index contributed by atoms with van der Waals surface area (Å²) >= 11 is 3.40. The van der Waals surface area contributed by atoms with E-state index in [1.807, 2.05) is 55.5 Å². The van der Waals surface area contributed by atoms with Gasteiger partial charge in [-0.2, -0.15) is 0 Å². The molecule has 1 N–H and O–H groups in total. The maximum absolute atomic E-state index is 12.6. The van der Waals surface area contributed by atoms with Crippen LogP contribution in [0.3, 0.4) is 0 Å². The molecule has 0 saturated heterocycles. The molecule has 0 radical (unpaired) electrons. The van der Waals surface area contributed by atoms with Crippen LogP contribution in [0.15, 0.2) is 65.1 Å². The van der Waals surface area contributed by atoms with Gasteiger partial charge in [0.2, 0.25) is 0 Å². The number of rotatable bonds is 4. The number of benzene rings is 3. The highest BCUT2D eigenvalue weighted by Crippen LogP contribution is 2.25. The van der Waals surface area contributed by atoms with Gasteiger partial charge in [-0.1, -0.05) is 46.3 Å². The molecule has 0 atom stereocenters. The van der Waals surface area contributed by atoms with Crippen molar-refractivity contribution in [2.24, 2.45) is 0 Å². The third-order valence-electron chi connectivity index (χ3n) is 3.49. The van der Waals surface area contributed by atoms with Crippen LogP contribution in [-0.2, 0) is 0 Å². The summed E-state index contributed by atoms with van der Waals surface area (Å²) in [6.45, 7) is 2.41. The maximum atomic E-state index is 12.6. The van der Waals surface area contributed by atoms with Crippen molar-refractivity contribution in [3.63, 3.8) is 0 Å². The molecule has 0 aliphatic rings. The average Bonchev–Trinajstić information content (AvgIpc) is 2.56. The SMILES string of the molecule is CCOc1ccc(Br)cc1C(=O)Nc1ccc2ccccc2c1. The molecule has 0 unspecified atom stereocenters. The summed E-state index contributed by atoms with van der Waals surface area (Å²) < 4.78 is 6.38. The quantitative estimate of drug-likeness (QED) is 0.681. The Labute approximate surface area is 143 Å². The number of nitrogens with one attached hydrogen (secondary N) is 1. The first-order valence-corrected chi connectivity index (χ1v) is 8.19. The molecule has 0 aromatic heterocycles. The molecule has 4 heteroatoms. The van der Waals surface area contributed by atoms with Crippen molar-refractivity contribution in [3.05, 3.63) is 70.7 Å². The fourth-order valence-electron chi connectivity index (χ4n) is 2.43. The van der Waals surface area contributed by atoms with Gasteiger partial charge in [-0.15, -0.1) is 0 Å². The van der Waals surface area contributed by atoms with E-state index in [0.29, 0.717) is 17.9 Å². The van der Waals surface area contributed by atoms with E-state index in [9.17, 15) is 4.79 Å². The molecule has 3 aromatic rings. The van der Waals surface area contributed by atoms with Crippen LogP contribution < -0.4 is 10.1 Å². The zero-order chi connectivity index (χ0) is 16.2. The van der Waals surface area contributed by atoms with Crippen LogP contribution >= 0.6 is 15.9 Å². The third kappa shape index (κ3) is 3.54. The van der Waals surface area contributed by atoms with Gasteiger partial charge in [0.15, 0.2) is 0 Å². The van der Waals surface area contributed by atoms with Crippen molar-refractivity contribution < 1.29 is 9.53 Å². The molecular weight excluding hydrogens is 354 g/mol. The van der Waals surface area contributed by atoms with Crippen molar-refractivity contribution in [2.75, 3.05) is 11.9 Å². The Hall–Kier alpha value is -2.33. The van der Waals surface area contributed by atoms with Gasteiger partial charge >= 0.3 is 0 Å². The van der Waals surface area contributed by atoms with E-state index in [-0.39, 0.29) is 5.91 Å². The molecule has 0 aliphatic carbocycles.